The van der Waals surface area contributed by atoms with E-state index in [2.05, 4.69) is 25.1 Å². The van der Waals surface area contributed by atoms with Gasteiger partial charge in [0.2, 0.25) is 5.91 Å². The summed E-state index contributed by atoms with van der Waals surface area (Å²) in [7, 11) is 0. The van der Waals surface area contributed by atoms with Crippen LogP contribution in [0.15, 0.2) is 36.0 Å². The molecule has 3 heterocycles. The molecule has 0 aliphatic carbocycles. The lowest BCUT2D eigenvalue weighted by molar-refractivity contribution is -0.115. The molecular formula is C16H15N5O2S. The number of carbonyl (C=O) groups is 1. The third-order valence-electron chi connectivity index (χ3n) is 3.76. The van der Waals surface area contributed by atoms with Gasteiger partial charge in [-0.25, -0.2) is 0 Å². The lowest BCUT2D eigenvalue weighted by Gasteiger charge is -2.15. The second-order valence-corrected chi connectivity index (χ2v) is 6.39. The maximum atomic E-state index is 12.0. The zero-order valence-electron chi connectivity index (χ0n) is 12.8. The van der Waals surface area contributed by atoms with Crippen LogP contribution in [0.4, 0.5) is 5.69 Å². The van der Waals surface area contributed by atoms with Gasteiger partial charge >= 0.3 is 0 Å². The van der Waals surface area contributed by atoms with E-state index in [1.165, 1.54) is 11.3 Å². The van der Waals surface area contributed by atoms with Gasteiger partial charge in [-0.05, 0) is 24.3 Å². The van der Waals surface area contributed by atoms with Crippen LogP contribution >= 0.6 is 11.3 Å². The number of rotatable bonds is 4. The number of thiazole rings is 1. The fraction of sp³-hybridized carbons (Fsp3) is 0.250. The van der Waals surface area contributed by atoms with Crippen molar-refractivity contribution in [1.82, 2.24) is 19.7 Å². The van der Waals surface area contributed by atoms with E-state index in [9.17, 15) is 4.79 Å². The molecule has 0 unspecified atom stereocenters. The maximum absolute atomic E-state index is 12.0. The van der Waals surface area contributed by atoms with Crippen LogP contribution in [0, 0.1) is 0 Å². The molecule has 1 amide bonds. The van der Waals surface area contributed by atoms with Crippen molar-refractivity contribution in [1.29, 1.82) is 0 Å². The third kappa shape index (κ3) is 3.06. The first-order valence-corrected chi connectivity index (χ1v) is 8.45. The maximum Gasteiger partial charge on any atom is 0.229 e. The summed E-state index contributed by atoms with van der Waals surface area (Å²) in [4.78, 5) is 16.9. The second-order valence-electron chi connectivity index (χ2n) is 5.41. The summed E-state index contributed by atoms with van der Waals surface area (Å²) in [5.74, 6) is 1.62. The zero-order chi connectivity index (χ0) is 16.4. The first-order valence-electron chi connectivity index (χ1n) is 7.57. The Labute approximate surface area is 142 Å². The largest absolute Gasteiger partial charge is 0.372 e. The van der Waals surface area contributed by atoms with E-state index in [1.54, 1.807) is 11.7 Å². The van der Waals surface area contributed by atoms with E-state index < -0.39 is 0 Å². The van der Waals surface area contributed by atoms with Gasteiger partial charge in [0.25, 0.3) is 0 Å². The van der Waals surface area contributed by atoms with Crippen LogP contribution in [0.2, 0.25) is 0 Å². The molecular weight excluding hydrogens is 326 g/mol. The molecule has 3 aromatic rings. The lowest BCUT2D eigenvalue weighted by Crippen LogP contribution is -2.17. The number of anilines is 1. The van der Waals surface area contributed by atoms with Crippen LogP contribution in [-0.2, 0) is 29.1 Å². The van der Waals surface area contributed by atoms with Gasteiger partial charge in [0.1, 0.15) is 6.61 Å². The van der Waals surface area contributed by atoms with Crippen molar-refractivity contribution in [2.45, 2.75) is 19.6 Å². The summed E-state index contributed by atoms with van der Waals surface area (Å²) in [5.41, 5.74) is 3.45. The quantitative estimate of drug-likeness (QED) is 0.786. The molecule has 7 nitrogen and oxygen atoms in total. The highest BCUT2D eigenvalue weighted by Crippen LogP contribution is 2.22. The van der Waals surface area contributed by atoms with Gasteiger partial charge in [-0.15, -0.1) is 21.5 Å². The molecule has 1 aliphatic heterocycles. The minimum absolute atomic E-state index is 0.0518. The van der Waals surface area contributed by atoms with E-state index in [0.29, 0.717) is 19.6 Å². The molecule has 0 spiro atoms. The Balaban J connectivity index is 1.47. The Morgan fingerprint density at radius 1 is 1.29 bits per heavy atom. The highest BCUT2D eigenvalue weighted by atomic mass is 32.1. The molecule has 4 rings (SSSR count). The van der Waals surface area contributed by atoms with Crippen molar-refractivity contribution in [2.24, 2.45) is 0 Å². The fourth-order valence-electron chi connectivity index (χ4n) is 2.61. The number of nitrogens with one attached hydrogen (secondary N) is 1. The van der Waals surface area contributed by atoms with Gasteiger partial charge in [-0.2, -0.15) is 0 Å². The molecule has 2 aromatic heterocycles. The van der Waals surface area contributed by atoms with Crippen molar-refractivity contribution >= 4 is 22.9 Å². The highest BCUT2D eigenvalue weighted by molar-refractivity contribution is 7.09. The number of aromatic nitrogens is 4. The number of hydrogen-bond donors (Lipinski definition) is 1. The predicted octanol–water partition coefficient (Wildman–Crippen LogP) is 2.11. The minimum atomic E-state index is -0.0518. The monoisotopic (exact) mass is 341 g/mol. The van der Waals surface area contributed by atoms with Gasteiger partial charge in [-0.1, -0.05) is 0 Å². The van der Waals surface area contributed by atoms with E-state index >= 15 is 0 Å². The van der Waals surface area contributed by atoms with Crippen molar-refractivity contribution < 1.29 is 9.53 Å². The number of ether oxygens (including phenoxy) is 1. The topological polar surface area (TPSA) is 81.9 Å². The first-order chi connectivity index (χ1) is 11.8. The van der Waals surface area contributed by atoms with E-state index in [-0.39, 0.29) is 5.91 Å². The lowest BCUT2D eigenvalue weighted by atomic mass is 10.2. The van der Waals surface area contributed by atoms with Gasteiger partial charge in [0.15, 0.2) is 11.6 Å². The smallest absolute Gasteiger partial charge is 0.229 e. The minimum Gasteiger partial charge on any atom is -0.372 e. The molecule has 0 bridgehead atoms. The van der Waals surface area contributed by atoms with E-state index in [0.717, 1.165) is 34.3 Å². The first kappa shape index (κ1) is 15.0. The molecule has 1 N–H and O–H groups in total. The zero-order valence-corrected chi connectivity index (χ0v) is 13.6. The summed E-state index contributed by atoms with van der Waals surface area (Å²) in [5, 5.41) is 11.3. The second kappa shape index (κ2) is 6.50. The molecule has 0 atom stereocenters. The normalized spacial score (nSPS) is 13.5. The molecule has 1 aliphatic rings. The predicted molar refractivity (Wildman–Crippen MR) is 89.6 cm³/mol. The highest BCUT2D eigenvalue weighted by Gasteiger charge is 2.17. The van der Waals surface area contributed by atoms with Crippen LogP contribution in [0.5, 0.6) is 0 Å². The molecule has 8 heteroatoms. The summed E-state index contributed by atoms with van der Waals surface area (Å²) in [6, 6.07) is 7.63. The summed E-state index contributed by atoms with van der Waals surface area (Å²) < 4.78 is 7.45. The summed E-state index contributed by atoms with van der Waals surface area (Å²) in [6.07, 6.45) is 2.05. The molecule has 0 fully saturated rings. The van der Waals surface area contributed by atoms with Crippen LogP contribution in [0.25, 0.3) is 11.4 Å². The molecule has 0 saturated carbocycles. The van der Waals surface area contributed by atoms with Crippen molar-refractivity contribution in [3.05, 3.63) is 46.7 Å². The van der Waals surface area contributed by atoms with Crippen LogP contribution < -0.4 is 5.32 Å². The molecule has 24 heavy (non-hydrogen) atoms. The van der Waals surface area contributed by atoms with Gasteiger partial charge in [0.05, 0.1) is 18.5 Å². The number of amides is 1. The van der Waals surface area contributed by atoms with E-state index in [1.807, 2.05) is 24.3 Å². The number of carbonyl (C=O) groups excluding carboxylic acids is 1. The average molecular weight is 341 g/mol. The van der Waals surface area contributed by atoms with Crippen molar-refractivity contribution in [3.63, 3.8) is 0 Å². The Morgan fingerprint density at radius 3 is 2.96 bits per heavy atom. The van der Waals surface area contributed by atoms with Gasteiger partial charge in [0, 0.05) is 28.9 Å². The Morgan fingerprint density at radius 2 is 2.17 bits per heavy atom. The molecule has 0 saturated heterocycles. The average Bonchev–Trinajstić information content (AvgIpc) is 3.25. The number of fused-ring (bicyclic) bond motifs is 1. The Hall–Kier alpha value is -2.58. The van der Waals surface area contributed by atoms with E-state index in [4.69, 9.17) is 4.74 Å². The summed E-state index contributed by atoms with van der Waals surface area (Å²) >= 11 is 1.48. The SMILES string of the molecule is O=C(Cc1cncs1)Nc1ccc(-c2nnc3n2CCOC3)cc1. The Bertz CT molecular complexity index is 842. The van der Waals surface area contributed by atoms with Crippen molar-refractivity contribution in [2.75, 3.05) is 11.9 Å². The van der Waals surface area contributed by atoms with Gasteiger partial charge < -0.3 is 14.6 Å². The third-order valence-corrected chi connectivity index (χ3v) is 4.54. The summed E-state index contributed by atoms with van der Waals surface area (Å²) in [6.45, 7) is 1.92. The van der Waals surface area contributed by atoms with Crippen LogP contribution in [0.1, 0.15) is 10.7 Å². The molecule has 122 valence electrons. The Kier molecular flexibility index (Phi) is 4.06. The molecule has 0 radical (unpaired) electrons. The van der Waals surface area contributed by atoms with Crippen LogP contribution in [0.3, 0.4) is 0 Å². The van der Waals surface area contributed by atoms with Crippen LogP contribution in [-0.4, -0.2) is 32.3 Å². The molecule has 1 aromatic carbocycles. The van der Waals surface area contributed by atoms with Gasteiger partial charge in [-0.3, -0.25) is 9.78 Å². The standard InChI is InChI=1S/C16H15N5O2S/c22-15(7-13-8-17-10-24-13)18-12-3-1-11(2-4-12)16-20-19-14-9-23-6-5-21(14)16/h1-4,8,10H,5-7,9H2,(H,18,22). The number of nitrogens with zero attached hydrogens (tertiary/aromatic N) is 4. The number of hydrogen-bond acceptors (Lipinski definition) is 6. The van der Waals surface area contributed by atoms with Crippen molar-refractivity contribution in [3.8, 4) is 11.4 Å². The number of benzene rings is 1. The fourth-order valence-corrected chi connectivity index (χ4v) is 3.20.